The Morgan fingerprint density at radius 3 is 2.63 bits per heavy atom. The van der Waals surface area contributed by atoms with Crippen molar-refractivity contribution in [3.05, 3.63) is 125 Å². The van der Waals surface area contributed by atoms with Crippen LogP contribution in [0.5, 0.6) is 0 Å². The number of pyridine rings is 1. The second-order valence-corrected chi connectivity index (χ2v) is 12.9. The molecule has 0 spiro atoms. The van der Waals surface area contributed by atoms with E-state index in [0.717, 1.165) is 28.7 Å². The summed E-state index contributed by atoms with van der Waals surface area (Å²) in [6, 6.07) is 20.9. The number of nitrogens with zero attached hydrogens (tertiary/aromatic N) is 2. The number of ether oxygens (including phenoxy) is 1. The van der Waals surface area contributed by atoms with E-state index in [4.69, 9.17) is 21.3 Å². The van der Waals surface area contributed by atoms with Crippen molar-refractivity contribution < 1.29 is 23.1 Å². The number of benzene rings is 3. The third-order valence-corrected chi connectivity index (χ3v) is 9.36. The van der Waals surface area contributed by atoms with Crippen LogP contribution < -0.4 is 10.6 Å². The number of nitrogens with one attached hydrogen (secondary N) is 2. The number of methoxy groups -OCH3 is 1. The number of anilines is 2. The molecule has 3 aromatic carbocycles. The number of hydrogen-bond acceptors (Lipinski definition) is 6. The van der Waals surface area contributed by atoms with E-state index in [1.807, 2.05) is 37.3 Å². The predicted octanol–water partition coefficient (Wildman–Crippen LogP) is 10.2. The van der Waals surface area contributed by atoms with Crippen molar-refractivity contribution in [3.8, 4) is 11.1 Å². The third-order valence-electron chi connectivity index (χ3n) is 7.85. The molecule has 1 aliphatic rings. The minimum absolute atomic E-state index is 0.132. The number of allylic oxidation sites excluding steroid dienone is 3. The van der Waals surface area contributed by atoms with Gasteiger partial charge in [0.05, 0.1) is 40.5 Å². The summed E-state index contributed by atoms with van der Waals surface area (Å²) in [5.74, 6) is -1.05. The highest BCUT2D eigenvalue weighted by molar-refractivity contribution is 7.99. The fourth-order valence-corrected chi connectivity index (χ4v) is 6.46. The van der Waals surface area contributed by atoms with Crippen LogP contribution in [0.4, 0.5) is 25.0 Å². The van der Waals surface area contributed by atoms with Crippen molar-refractivity contribution in [2.24, 2.45) is 4.99 Å². The number of carbonyl (C=O) groups excluding carboxylic acids is 2. The number of aliphatic imine (C=N–C) groups is 1. The molecule has 1 aromatic heterocycles. The number of hydrogen-bond donors (Lipinski definition) is 2. The van der Waals surface area contributed by atoms with Crippen LogP contribution in [0.2, 0.25) is 5.02 Å². The molecule has 1 atom stereocenters. The molecule has 11 heteroatoms. The Kier molecular flexibility index (Phi) is 12.0. The number of rotatable bonds is 7. The predicted molar refractivity (Wildman–Crippen MR) is 196 cm³/mol. The molecule has 2 N–H and O–H groups in total. The van der Waals surface area contributed by atoms with E-state index in [2.05, 4.69) is 34.7 Å². The van der Waals surface area contributed by atoms with Gasteiger partial charge >= 0.3 is 6.09 Å². The van der Waals surface area contributed by atoms with Crippen LogP contribution in [0.25, 0.3) is 22.4 Å². The number of halogens is 3. The van der Waals surface area contributed by atoms with Crippen LogP contribution in [0.15, 0.2) is 96.1 Å². The number of amides is 2. The lowest BCUT2D eigenvalue weighted by Gasteiger charge is -2.21. The SMILES string of the molecule is C\C=C1/N=C(C(C)SCc2ccccc2)\C(c2ccc(-c3c(F)ccc(Cl)c3F)cn2)=C/CCCC(=O)Nc2cc(NC(=O)OC)ccc21. The fourth-order valence-electron chi connectivity index (χ4n) is 5.33. The Bertz CT molecular complexity index is 1930. The molecule has 1 aliphatic heterocycles. The van der Waals surface area contributed by atoms with Gasteiger partial charge < -0.3 is 10.1 Å². The Morgan fingerprint density at radius 2 is 1.92 bits per heavy atom. The van der Waals surface area contributed by atoms with E-state index in [0.29, 0.717) is 41.2 Å². The van der Waals surface area contributed by atoms with Gasteiger partial charge in [-0.2, -0.15) is 0 Å². The van der Waals surface area contributed by atoms with Gasteiger partial charge in [-0.25, -0.2) is 13.6 Å². The Morgan fingerprint density at radius 1 is 1.12 bits per heavy atom. The molecule has 4 aromatic rings. The molecule has 2 amide bonds. The summed E-state index contributed by atoms with van der Waals surface area (Å²) in [5, 5.41) is 5.32. The van der Waals surface area contributed by atoms with Gasteiger partial charge in [-0.15, -0.1) is 11.8 Å². The van der Waals surface area contributed by atoms with E-state index in [1.165, 1.54) is 19.4 Å². The summed E-state index contributed by atoms with van der Waals surface area (Å²) < 4.78 is 34.4. The molecule has 0 saturated carbocycles. The number of aromatic nitrogens is 1. The number of fused-ring (bicyclic) bond motifs is 1. The second kappa shape index (κ2) is 16.5. The normalized spacial score (nSPS) is 17.3. The molecule has 0 saturated heterocycles. The summed E-state index contributed by atoms with van der Waals surface area (Å²) in [6.07, 6.45) is 6.00. The monoisotopic (exact) mass is 700 g/mol. The zero-order valence-corrected chi connectivity index (χ0v) is 28.8. The van der Waals surface area contributed by atoms with E-state index in [9.17, 15) is 18.4 Å². The largest absolute Gasteiger partial charge is 0.453 e. The van der Waals surface area contributed by atoms with Gasteiger partial charge in [0.1, 0.15) is 5.82 Å². The second-order valence-electron chi connectivity index (χ2n) is 11.2. The molecular weight excluding hydrogens is 666 g/mol. The Labute approximate surface area is 293 Å². The first-order valence-corrected chi connectivity index (χ1v) is 17.1. The van der Waals surface area contributed by atoms with Gasteiger partial charge in [0.15, 0.2) is 5.82 Å². The first-order chi connectivity index (χ1) is 23.7. The van der Waals surface area contributed by atoms with Gasteiger partial charge in [0, 0.05) is 46.0 Å². The first-order valence-electron chi connectivity index (χ1n) is 15.7. The summed E-state index contributed by atoms with van der Waals surface area (Å²) in [4.78, 5) is 34.9. The highest BCUT2D eigenvalue weighted by atomic mass is 35.5. The maximum absolute atomic E-state index is 14.9. The van der Waals surface area contributed by atoms with Gasteiger partial charge in [0.2, 0.25) is 5.91 Å². The van der Waals surface area contributed by atoms with Crippen LogP contribution in [-0.4, -0.2) is 35.1 Å². The van der Waals surface area contributed by atoms with Crippen LogP contribution in [0.3, 0.4) is 0 Å². The lowest BCUT2D eigenvalue weighted by molar-refractivity contribution is -0.116. The molecule has 252 valence electrons. The van der Waals surface area contributed by atoms with Crippen LogP contribution in [0, 0.1) is 11.6 Å². The van der Waals surface area contributed by atoms with E-state index >= 15 is 0 Å². The molecule has 0 bridgehead atoms. The van der Waals surface area contributed by atoms with E-state index < -0.39 is 17.7 Å². The molecule has 5 rings (SSSR count). The zero-order valence-electron chi connectivity index (χ0n) is 27.2. The van der Waals surface area contributed by atoms with Crippen molar-refractivity contribution in [3.63, 3.8) is 0 Å². The van der Waals surface area contributed by atoms with E-state index in [1.54, 1.807) is 42.1 Å². The summed E-state index contributed by atoms with van der Waals surface area (Å²) in [7, 11) is 1.28. The quantitative estimate of drug-likeness (QED) is 0.187. The molecule has 49 heavy (non-hydrogen) atoms. The molecule has 0 aliphatic carbocycles. The summed E-state index contributed by atoms with van der Waals surface area (Å²) in [6.45, 7) is 3.94. The van der Waals surface area contributed by atoms with Crippen LogP contribution >= 0.6 is 23.4 Å². The van der Waals surface area contributed by atoms with Gasteiger partial charge in [0.25, 0.3) is 0 Å². The van der Waals surface area contributed by atoms with Crippen molar-refractivity contribution in [2.45, 2.75) is 44.1 Å². The highest BCUT2D eigenvalue weighted by Gasteiger charge is 2.23. The first kappa shape index (κ1) is 35.5. The molecule has 0 fully saturated rings. The molecule has 2 heterocycles. The van der Waals surface area contributed by atoms with E-state index in [-0.39, 0.29) is 33.7 Å². The third kappa shape index (κ3) is 8.82. The minimum atomic E-state index is -0.853. The molecular formula is C38H35ClF2N4O3S. The maximum Gasteiger partial charge on any atom is 0.411 e. The van der Waals surface area contributed by atoms with Crippen molar-refractivity contribution in [1.82, 2.24) is 4.98 Å². The summed E-state index contributed by atoms with van der Waals surface area (Å²) in [5.41, 5.74) is 5.38. The standard InChI is InChI=1S/C38H35ClF2N4O3S/c1-4-31-27-16-15-26(43-38(47)48-3)20-33(27)44-34(46)13-9-8-12-28(37(45-31)23(2)49-22-24-10-6-5-7-11-24)32-19-14-25(21-42-32)35-30(40)18-17-29(39)36(35)41/h4-7,10-12,14-21,23H,8-9,13,22H2,1-3H3,(H,43,47)(H,44,46)/b28-12-,31-4-,45-37-. The van der Waals surface area contributed by atoms with Crippen molar-refractivity contribution in [1.29, 1.82) is 0 Å². The minimum Gasteiger partial charge on any atom is -0.453 e. The molecule has 7 nitrogen and oxygen atoms in total. The van der Waals surface area contributed by atoms with Crippen molar-refractivity contribution in [2.75, 3.05) is 17.7 Å². The lowest BCUT2D eigenvalue weighted by Crippen LogP contribution is -2.19. The number of thioether (sulfide) groups is 1. The Balaban J connectivity index is 1.62. The van der Waals surface area contributed by atoms with Crippen molar-refractivity contribution >= 4 is 63.7 Å². The average Bonchev–Trinajstić information content (AvgIpc) is 3.10. The van der Waals surface area contributed by atoms with Crippen LogP contribution in [-0.2, 0) is 15.3 Å². The molecule has 1 unspecified atom stereocenters. The zero-order chi connectivity index (χ0) is 34.9. The van der Waals surface area contributed by atoms with Gasteiger partial charge in [-0.05, 0) is 68.7 Å². The average molecular weight is 701 g/mol. The maximum atomic E-state index is 14.9. The van der Waals surface area contributed by atoms with Gasteiger partial charge in [-0.1, -0.05) is 60.2 Å². The molecule has 0 radical (unpaired) electrons. The highest BCUT2D eigenvalue weighted by Crippen LogP contribution is 2.35. The Hall–Kier alpha value is -4.80. The van der Waals surface area contributed by atoms with Gasteiger partial charge in [-0.3, -0.25) is 20.1 Å². The smallest absolute Gasteiger partial charge is 0.411 e. The summed E-state index contributed by atoms with van der Waals surface area (Å²) >= 11 is 7.68. The topological polar surface area (TPSA) is 92.7 Å². The lowest BCUT2D eigenvalue weighted by atomic mass is 9.98. The fraction of sp³-hybridized carbons (Fsp3) is 0.211. The van der Waals surface area contributed by atoms with Crippen LogP contribution in [0.1, 0.15) is 49.9 Å². The number of carbonyl (C=O) groups is 2.